The highest BCUT2D eigenvalue weighted by molar-refractivity contribution is 5.42. The number of hydrogen-bond donors (Lipinski definition) is 2. The number of aryl methyl sites for hydroxylation is 1. The molecule has 0 saturated heterocycles. The van der Waals surface area contributed by atoms with Crippen LogP contribution in [0.15, 0.2) is 18.2 Å². The van der Waals surface area contributed by atoms with E-state index in [1.165, 1.54) is 12.1 Å². The summed E-state index contributed by atoms with van der Waals surface area (Å²) in [7, 11) is 0. The third-order valence-electron chi connectivity index (χ3n) is 2.56. The predicted molar refractivity (Wildman–Crippen MR) is 72.5 cm³/mol. The fourth-order valence-electron chi connectivity index (χ4n) is 1.53. The average Bonchev–Trinajstić information content (AvgIpc) is 2.34. The van der Waals surface area contributed by atoms with Gasteiger partial charge in [0, 0.05) is 24.7 Å². The van der Waals surface area contributed by atoms with Crippen LogP contribution >= 0.6 is 0 Å². The van der Waals surface area contributed by atoms with E-state index in [4.69, 9.17) is 4.74 Å². The van der Waals surface area contributed by atoms with Crippen molar-refractivity contribution in [3.63, 3.8) is 0 Å². The number of benzene rings is 1. The van der Waals surface area contributed by atoms with Crippen LogP contribution < -0.4 is 10.1 Å². The minimum atomic E-state index is -0.614. The van der Waals surface area contributed by atoms with E-state index in [2.05, 4.69) is 5.32 Å². The Morgan fingerprint density at radius 3 is 2.68 bits per heavy atom. The third kappa shape index (κ3) is 5.23. The molecule has 0 aliphatic heterocycles. The predicted octanol–water partition coefficient (Wildman–Crippen LogP) is 1.64. The highest BCUT2D eigenvalue weighted by Crippen LogP contribution is 2.23. The molecule has 1 aromatic rings. The normalized spacial score (nSPS) is 12.5. The number of ether oxygens (including phenoxy) is 1. The molecule has 0 spiro atoms. The Balaban J connectivity index is 2.51. The molecule has 0 aromatic heterocycles. The molecular formula is C13H20N2O4. The summed E-state index contributed by atoms with van der Waals surface area (Å²) >= 11 is 0. The SMILES string of the molecule is Cc1cc([N+](=O)[O-])ccc1OCC(O)CNC(C)C. The Kier molecular flexibility index (Phi) is 5.72. The monoisotopic (exact) mass is 268 g/mol. The molecule has 1 aromatic carbocycles. The Hall–Kier alpha value is -1.66. The van der Waals surface area contributed by atoms with Gasteiger partial charge in [-0.3, -0.25) is 10.1 Å². The highest BCUT2D eigenvalue weighted by Gasteiger charge is 2.11. The van der Waals surface area contributed by atoms with Crippen LogP contribution in [-0.4, -0.2) is 35.3 Å². The molecule has 0 saturated carbocycles. The van der Waals surface area contributed by atoms with Crippen molar-refractivity contribution in [1.29, 1.82) is 0 Å². The quantitative estimate of drug-likeness (QED) is 0.580. The van der Waals surface area contributed by atoms with E-state index < -0.39 is 11.0 Å². The summed E-state index contributed by atoms with van der Waals surface area (Å²) in [5.41, 5.74) is 0.713. The molecule has 6 heteroatoms. The van der Waals surface area contributed by atoms with Gasteiger partial charge in [0.05, 0.1) is 4.92 Å². The average molecular weight is 268 g/mol. The van der Waals surface area contributed by atoms with Crippen molar-refractivity contribution in [2.75, 3.05) is 13.2 Å². The fourth-order valence-corrected chi connectivity index (χ4v) is 1.53. The Morgan fingerprint density at radius 1 is 1.47 bits per heavy atom. The van der Waals surface area contributed by atoms with E-state index in [1.807, 2.05) is 13.8 Å². The first-order chi connectivity index (χ1) is 8.90. The number of nitro benzene ring substituents is 1. The van der Waals surface area contributed by atoms with Crippen molar-refractivity contribution in [2.24, 2.45) is 0 Å². The summed E-state index contributed by atoms with van der Waals surface area (Å²) in [6.07, 6.45) is -0.614. The van der Waals surface area contributed by atoms with E-state index in [0.717, 1.165) is 0 Å². The second-order valence-corrected chi connectivity index (χ2v) is 4.73. The van der Waals surface area contributed by atoms with Crippen molar-refractivity contribution >= 4 is 5.69 Å². The van der Waals surface area contributed by atoms with Gasteiger partial charge in [-0.15, -0.1) is 0 Å². The van der Waals surface area contributed by atoms with Crippen LogP contribution in [-0.2, 0) is 0 Å². The van der Waals surface area contributed by atoms with Gasteiger partial charge in [0.2, 0.25) is 0 Å². The zero-order valence-electron chi connectivity index (χ0n) is 11.4. The van der Waals surface area contributed by atoms with Crippen LogP contribution in [0.3, 0.4) is 0 Å². The van der Waals surface area contributed by atoms with Gasteiger partial charge in [0.15, 0.2) is 0 Å². The van der Waals surface area contributed by atoms with Crippen LogP contribution in [0.1, 0.15) is 19.4 Å². The molecule has 0 aliphatic rings. The topological polar surface area (TPSA) is 84.6 Å². The van der Waals surface area contributed by atoms with E-state index in [-0.39, 0.29) is 12.3 Å². The lowest BCUT2D eigenvalue weighted by atomic mass is 10.2. The lowest BCUT2D eigenvalue weighted by molar-refractivity contribution is -0.384. The number of hydrogen-bond acceptors (Lipinski definition) is 5. The molecule has 1 atom stereocenters. The molecule has 0 heterocycles. The molecule has 0 fully saturated rings. The number of non-ortho nitro benzene ring substituents is 1. The van der Waals surface area contributed by atoms with Gasteiger partial charge in [-0.2, -0.15) is 0 Å². The zero-order valence-corrected chi connectivity index (χ0v) is 11.4. The zero-order chi connectivity index (χ0) is 14.4. The van der Waals surface area contributed by atoms with Crippen LogP contribution in [0, 0.1) is 17.0 Å². The van der Waals surface area contributed by atoms with Crippen LogP contribution in [0.2, 0.25) is 0 Å². The maximum atomic E-state index is 10.6. The van der Waals surface area contributed by atoms with E-state index in [0.29, 0.717) is 23.9 Å². The fraction of sp³-hybridized carbons (Fsp3) is 0.538. The largest absolute Gasteiger partial charge is 0.491 e. The molecule has 6 nitrogen and oxygen atoms in total. The minimum Gasteiger partial charge on any atom is -0.491 e. The van der Waals surface area contributed by atoms with Gasteiger partial charge in [-0.25, -0.2) is 0 Å². The maximum Gasteiger partial charge on any atom is 0.269 e. The summed E-state index contributed by atoms with van der Waals surface area (Å²) in [5.74, 6) is 0.550. The molecule has 0 amide bonds. The third-order valence-corrected chi connectivity index (χ3v) is 2.56. The second-order valence-electron chi connectivity index (χ2n) is 4.73. The standard InChI is InChI=1S/C13H20N2O4/c1-9(2)14-7-12(16)8-19-13-5-4-11(15(17)18)6-10(13)3/h4-6,9,12,14,16H,7-8H2,1-3H3. The van der Waals surface area contributed by atoms with Crippen LogP contribution in [0.4, 0.5) is 5.69 Å². The van der Waals surface area contributed by atoms with Crippen LogP contribution in [0.25, 0.3) is 0 Å². The maximum absolute atomic E-state index is 10.6. The first-order valence-corrected chi connectivity index (χ1v) is 6.19. The van der Waals surface area contributed by atoms with Crippen molar-refractivity contribution < 1.29 is 14.8 Å². The second kappa shape index (κ2) is 7.06. The minimum absolute atomic E-state index is 0.0341. The summed E-state index contributed by atoms with van der Waals surface area (Å²) in [6, 6.07) is 4.70. The van der Waals surface area contributed by atoms with E-state index >= 15 is 0 Å². The molecule has 106 valence electrons. The summed E-state index contributed by atoms with van der Waals surface area (Å²) in [6.45, 7) is 6.32. The number of nitrogens with zero attached hydrogens (tertiary/aromatic N) is 1. The Morgan fingerprint density at radius 2 is 2.16 bits per heavy atom. The van der Waals surface area contributed by atoms with Crippen molar-refractivity contribution in [3.05, 3.63) is 33.9 Å². The number of aliphatic hydroxyl groups excluding tert-OH is 1. The van der Waals surface area contributed by atoms with Gasteiger partial charge in [-0.1, -0.05) is 13.8 Å². The molecule has 1 rings (SSSR count). The van der Waals surface area contributed by atoms with Gasteiger partial charge in [0.25, 0.3) is 5.69 Å². The van der Waals surface area contributed by atoms with Crippen molar-refractivity contribution in [3.8, 4) is 5.75 Å². The summed E-state index contributed by atoms with van der Waals surface area (Å²) < 4.78 is 5.45. The van der Waals surface area contributed by atoms with Crippen molar-refractivity contribution in [2.45, 2.75) is 32.9 Å². The highest BCUT2D eigenvalue weighted by atomic mass is 16.6. The molecule has 0 bridgehead atoms. The molecule has 0 aliphatic carbocycles. The van der Waals surface area contributed by atoms with E-state index in [1.54, 1.807) is 13.0 Å². The summed E-state index contributed by atoms with van der Waals surface area (Å²) in [5, 5.41) is 23.4. The van der Waals surface area contributed by atoms with E-state index in [9.17, 15) is 15.2 Å². The molecular weight excluding hydrogens is 248 g/mol. The van der Waals surface area contributed by atoms with Crippen LogP contribution in [0.5, 0.6) is 5.75 Å². The van der Waals surface area contributed by atoms with Crippen molar-refractivity contribution in [1.82, 2.24) is 5.32 Å². The molecule has 1 unspecified atom stereocenters. The first kappa shape index (κ1) is 15.4. The number of nitro groups is 1. The Bertz CT molecular complexity index is 435. The van der Waals surface area contributed by atoms with Gasteiger partial charge >= 0.3 is 0 Å². The molecule has 2 N–H and O–H groups in total. The molecule has 19 heavy (non-hydrogen) atoms. The number of nitrogens with one attached hydrogen (secondary N) is 1. The summed E-state index contributed by atoms with van der Waals surface area (Å²) in [4.78, 5) is 10.1. The van der Waals surface area contributed by atoms with Gasteiger partial charge in [0.1, 0.15) is 18.5 Å². The smallest absolute Gasteiger partial charge is 0.269 e. The lowest BCUT2D eigenvalue weighted by Gasteiger charge is -2.15. The van der Waals surface area contributed by atoms with Gasteiger partial charge < -0.3 is 15.2 Å². The lowest BCUT2D eigenvalue weighted by Crippen LogP contribution is -2.35. The number of aliphatic hydroxyl groups is 1. The molecule has 0 radical (unpaired) electrons. The Labute approximate surface area is 112 Å². The van der Waals surface area contributed by atoms with Gasteiger partial charge in [-0.05, 0) is 18.6 Å². The first-order valence-electron chi connectivity index (χ1n) is 6.19. The number of rotatable bonds is 7.